The van der Waals surface area contributed by atoms with Gasteiger partial charge in [0, 0.05) is 13.1 Å². The van der Waals surface area contributed by atoms with Crippen LogP contribution < -0.4 is 5.32 Å². The Kier molecular flexibility index (Phi) is 4.46. The van der Waals surface area contributed by atoms with Crippen molar-refractivity contribution < 1.29 is 4.79 Å². The van der Waals surface area contributed by atoms with Crippen molar-refractivity contribution in [3.05, 3.63) is 35.9 Å². The van der Waals surface area contributed by atoms with Crippen LogP contribution in [-0.4, -0.2) is 24.0 Å². The Morgan fingerprint density at radius 3 is 2.21 bits per heavy atom. The number of amides is 2. The molecule has 0 spiro atoms. The average Bonchev–Trinajstić information content (AvgIpc) is 3.20. The highest BCUT2D eigenvalue weighted by Crippen LogP contribution is 2.45. The molecule has 0 heterocycles. The van der Waals surface area contributed by atoms with Crippen molar-refractivity contribution in [2.75, 3.05) is 13.1 Å². The molecule has 1 fully saturated rings. The van der Waals surface area contributed by atoms with Crippen molar-refractivity contribution in [1.29, 1.82) is 0 Å². The molecule has 2 rings (SSSR count). The summed E-state index contributed by atoms with van der Waals surface area (Å²) in [6.07, 6.45) is 4.11. The van der Waals surface area contributed by atoms with Gasteiger partial charge in [-0.1, -0.05) is 44.2 Å². The zero-order valence-corrected chi connectivity index (χ0v) is 12.0. The topological polar surface area (TPSA) is 32.3 Å². The van der Waals surface area contributed by atoms with Crippen molar-refractivity contribution in [2.24, 2.45) is 0 Å². The zero-order chi connectivity index (χ0) is 13.7. The first-order valence-electron chi connectivity index (χ1n) is 7.34. The summed E-state index contributed by atoms with van der Waals surface area (Å²) in [6.45, 7) is 5.90. The zero-order valence-electron chi connectivity index (χ0n) is 12.0. The van der Waals surface area contributed by atoms with E-state index >= 15 is 0 Å². The van der Waals surface area contributed by atoms with Gasteiger partial charge in [0.2, 0.25) is 0 Å². The van der Waals surface area contributed by atoms with E-state index in [1.54, 1.807) is 0 Å². The number of carbonyl (C=O) groups excluding carboxylic acids is 1. The molecule has 1 N–H and O–H groups in total. The maximum atomic E-state index is 12.4. The molecule has 0 radical (unpaired) electrons. The minimum absolute atomic E-state index is 0.0880. The van der Waals surface area contributed by atoms with Gasteiger partial charge in [0.1, 0.15) is 0 Å². The second-order valence-electron chi connectivity index (χ2n) is 5.37. The lowest BCUT2D eigenvalue weighted by molar-refractivity contribution is 0.192. The summed E-state index contributed by atoms with van der Waals surface area (Å²) in [6, 6.07) is 10.4. The van der Waals surface area contributed by atoms with Gasteiger partial charge in [0.15, 0.2) is 0 Å². The number of carbonyl (C=O) groups is 1. The second-order valence-corrected chi connectivity index (χ2v) is 5.37. The predicted octanol–water partition coefficient (Wildman–Crippen LogP) is 3.51. The van der Waals surface area contributed by atoms with Crippen LogP contribution in [0, 0.1) is 0 Å². The van der Waals surface area contributed by atoms with Crippen LogP contribution in [0.4, 0.5) is 4.79 Å². The maximum absolute atomic E-state index is 12.4. The van der Waals surface area contributed by atoms with Crippen molar-refractivity contribution in [3.8, 4) is 0 Å². The van der Waals surface area contributed by atoms with E-state index in [9.17, 15) is 4.79 Å². The predicted molar refractivity (Wildman–Crippen MR) is 78.0 cm³/mol. The summed E-state index contributed by atoms with van der Waals surface area (Å²) in [5.41, 5.74) is 1.13. The third-order valence-corrected chi connectivity index (χ3v) is 3.70. The van der Waals surface area contributed by atoms with Crippen molar-refractivity contribution >= 4 is 6.03 Å². The van der Waals surface area contributed by atoms with E-state index < -0.39 is 0 Å². The lowest BCUT2D eigenvalue weighted by Gasteiger charge is -2.26. The molecule has 0 aromatic heterocycles. The van der Waals surface area contributed by atoms with Gasteiger partial charge < -0.3 is 10.2 Å². The number of urea groups is 1. The number of hydrogen-bond acceptors (Lipinski definition) is 1. The molecule has 19 heavy (non-hydrogen) atoms. The van der Waals surface area contributed by atoms with E-state index in [2.05, 4.69) is 31.3 Å². The molecule has 0 unspecified atom stereocenters. The number of nitrogens with zero attached hydrogens (tertiary/aromatic N) is 1. The fraction of sp³-hybridized carbons (Fsp3) is 0.562. The quantitative estimate of drug-likeness (QED) is 0.834. The van der Waals surface area contributed by atoms with E-state index in [1.165, 1.54) is 5.56 Å². The third-order valence-electron chi connectivity index (χ3n) is 3.70. The molecule has 1 saturated carbocycles. The molecular formula is C16H24N2O. The largest absolute Gasteiger partial charge is 0.328 e. The molecule has 1 aliphatic rings. The molecule has 0 saturated heterocycles. The van der Waals surface area contributed by atoms with Crippen LogP contribution in [0.25, 0.3) is 0 Å². The van der Waals surface area contributed by atoms with Crippen LogP contribution in [0.15, 0.2) is 30.3 Å². The summed E-state index contributed by atoms with van der Waals surface area (Å²) < 4.78 is 0. The molecule has 1 aromatic carbocycles. The lowest BCUT2D eigenvalue weighted by atomic mass is 10.1. The highest BCUT2D eigenvalue weighted by Gasteiger charge is 2.46. The molecular weight excluding hydrogens is 236 g/mol. The number of hydrogen-bond donors (Lipinski definition) is 1. The number of nitrogens with one attached hydrogen (secondary N) is 1. The van der Waals surface area contributed by atoms with E-state index in [4.69, 9.17) is 0 Å². The Bertz CT molecular complexity index is 406. The van der Waals surface area contributed by atoms with Crippen LogP contribution in [-0.2, 0) is 5.54 Å². The van der Waals surface area contributed by atoms with E-state index in [-0.39, 0.29) is 11.6 Å². The molecule has 0 aliphatic heterocycles. The molecule has 104 valence electrons. The minimum Gasteiger partial charge on any atom is -0.328 e. The summed E-state index contributed by atoms with van der Waals surface area (Å²) in [5.74, 6) is 0. The summed E-state index contributed by atoms with van der Waals surface area (Å²) in [4.78, 5) is 14.3. The highest BCUT2D eigenvalue weighted by molar-refractivity contribution is 5.76. The fourth-order valence-electron chi connectivity index (χ4n) is 2.51. The Labute approximate surface area is 116 Å². The van der Waals surface area contributed by atoms with Gasteiger partial charge in [0.25, 0.3) is 0 Å². The van der Waals surface area contributed by atoms with Crippen LogP contribution in [0.2, 0.25) is 0 Å². The smallest absolute Gasteiger partial charge is 0.318 e. The Balaban J connectivity index is 2.02. The maximum Gasteiger partial charge on any atom is 0.318 e. The van der Waals surface area contributed by atoms with Gasteiger partial charge in [-0.25, -0.2) is 4.79 Å². The van der Waals surface area contributed by atoms with E-state index in [0.717, 1.165) is 38.8 Å². The van der Waals surface area contributed by atoms with E-state index in [1.807, 2.05) is 23.1 Å². The standard InChI is InChI=1S/C16H24N2O/c1-3-12-18(13-4-2)15(19)17-16(10-11-16)14-8-6-5-7-9-14/h5-9H,3-4,10-13H2,1-2H3,(H,17,19). The Morgan fingerprint density at radius 2 is 1.74 bits per heavy atom. The van der Waals surface area contributed by atoms with Gasteiger partial charge in [-0.15, -0.1) is 0 Å². The second kappa shape index (κ2) is 6.09. The SMILES string of the molecule is CCCN(CCC)C(=O)NC1(c2ccccc2)CC1. The molecule has 3 heteroatoms. The Hall–Kier alpha value is -1.51. The summed E-state index contributed by atoms with van der Waals surface area (Å²) >= 11 is 0. The van der Waals surface area contributed by atoms with Crippen molar-refractivity contribution in [1.82, 2.24) is 10.2 Å². The fourth-order valence-corrected chi connectivity index (χ4v) is 2.51. The molecule has 0 atom stereocenters. The van der Waals surface area contributed by atoms with Crippen LogP contribution >= 0.6 is 0 Å². The summed E-state index contributed by atoms with van der Waals surface area (Å²) in [5, 5.41) is 3.24. The van der Waals surface area contributed by atoms with Gasteiger partial charge in [-0.05, 0) is 31.2 Å². The lowest BCUT2D eigenvalue weighted by Crippen LogP contribution is -2.45. The minimum atomic E-state index is -0.0991. The first-order valence-corrected chi connectivity index (χ1v) is 7.34. The van der Waals surface area contributed by atoms with Gasteiger partial charge >= 0.3 is 6.03 Å². The summed E-state index contributed by atoms with van der Waals surface area (Å²) in [7, 11) is 0. The van der Waals surface area contributed by atoms with Gasteiger partial charge in [-0.2, -0.15) is 0 Å². The molecule has 0 bridgehead atoms. The van der Waals surface area contributed by atoms with Crippen molar-refractivity contribution in [2.45, 2.75) is 45.1 Å². The van der Waals surface area contributed by atoms with Crippen molar-refractivity contribution in [3.63, 3.8) is 0 Å². The van der Waals surface area contributed by atoms with Crippen LogP contribution in [0.1, 0.15) is 45.1 Å². The third kappa shape index (κ3) is 3.28. The molecule has 1 aromatic rings. The first-order chi connectivity index (χ1) is 9.22. The average molecular weight is 260 g/mol. The number of rotatable bonds is 6. The van der Waals surface area contributed by atoms with Crippen LogP contribution in [0.3, 0.4) is 0 Å². The molecule has 2 amide bonds. The van der Waals surface area contributed by atoms with E-state index in [0.29, 0.717) is 0 Å². The monoisotopic (exact) mass is 260 g/mol. The first kappa shape index (κ1) is 13.9. The highest BCUT2D eigenvalue weighted by atomic mass is 16.2. The molecule has 1 aliphatic carbocycles. The normalized spacial score (nSPS) is 15.9. The van der Waals surface area contributed by atoms with Gasteiger partial charge in [-0.3, -0.25) is 0 Å². The Morgan fingerprint density at radius 1 is 1.16 bits per heavy atom. The molecule has 3 nitrogen and oxygen atoms in total. The number of benzene rings is 1. The van der Waals surface area contributed by atoms with Crippen LogP contribution in [0.5, 0.6) is 0 Å². The van der Waals surface area contributed by atoms with Gasteiger partial charge in [0.05, 0.1) is 5.54 Å².